The minimum atomic E-state index is -1.08. The molecule has 0 saturated carbocycles. The van der Waals surface area contributed by atoms with Crippen LogP contribution >= 0.6 is 0 Å². The van der Waals surface area contributed by atoms with Gasteiger partial charge in [0.1, 0.15) is 11.3 Å². The van der Waals surface area contributed by atoms with Crippen LogP contribution in [0.4, 0.5) is 0 Å². The average molecular weight is 459 g/mol. The first-order valence-electron chi connectivity index (χ1n) is 13.3. The molecule has 0 fully saturated rings. The molecule has 0 aromatic heterocycles. The van der Waals surface area contributed by atoms with E-state index in [4.69, 9.17) is 9.84 Å². The fourth-order valence-electron chi connectivity index (χ4n) is 3.95. The second-order valence-electron chi connectivity index (χ2n) is 9.02. The summed E-state index contributed by atoms with van der Waals surface area (Å²) >= 11 is 0. The number of esters is 1. The molecule has 0 spiro atoms. The maximum absolute atomic E-state index is 11.9. The Morgan fingerprint density at radius 1 is 0.727 bits per heavy atom. The normalized spacial score (nSPS) is 11.2. The lowest BCUT2D eigenvalue weighted by molar-refractivity contribution is -0.134. The molecule has 4 heteroatoms. The zero-order chi connectivity index (χ0) is 24.0. The Kier molecular flexibility index (Phi) is 18.0. The van der Waals surface area contributed by atoms with Crippen LogP contribution in [0.3, 0.4) is 0 Å². The van der Waals surface area contributed by atoms with Crippen LogP contribution in [0.15, 0.2) is 36.4 Å². The number of carboxylic acid groups (broad SMARTS) is 1. The molecule has 0 amide bonds. The summed E-state index contributed by atoms with van der Waals surface area (Å²) < 4.78 is 5.22. The molecule has 0 aliphatic rings. The topological polar surface area (TPSA) is 63.6 Å². The highest BCUT2D eigenvalue weighted by atomic mass is 16.5. The van der Waals surface area contributed by atoms with E-state index >= 15 is 0 Å². The predicted molar refractivity (Wildman–Crippen MR) is 137 cm³/mol. The number of carboxylic acids is 1. The number of allylic oxidation sites excluding steroid dienone is 2. The van der Waals surface area contributed by atoms with Crippen molar-refractivity contribution in [3.63, 3.8) is 0 Å². The number of ether oxygens (including phenoxy) is 1. The SMILES string of the molecule is CCCCCCCCC=CCCCCCCCCCCCC(=O)Oc1ccccc1C(=O)O. The van der Waals surface area contributed by atoms with E-state index in [0.717, 1.165) is 19.3 Å². The van der Waals surface area contributed by atoms with Crippen molar-refractivity contribution in [1.29, 1.82) is 0 Å². The molecule has 1 aromatic carbocycles. The van der Waals surface area contributed by atoms with Crippen LogP contribution in [0.5, 0.6) is 5.75 Å². The van der Waals surface area contributed by atoms with Crippen molar-refractivity contribution in [2.45, 2.75) is 122 Å². The number of unbranched alkanes of at least 4 members (excludes halogenated alkanes) is 15. The van der Waals surface area contributed by atoms with Gasteiger partial charge in [0, 0.05) is 6.42 Å². The van der Waals surface area contributed by atoms with E-state index in [2.05, 4.69) is 19.1 Å². The van der Waals surface area contributed by atoms with Gasteiger partial charge in [-0.15, -0.1) is 0 Å². The monoisotopic (exact) mass is 458 g/mol. The van der Waals surface area contributed by atoms with Gasteiger partial charge in [-0.05, 0) is 44.2 Å². The lowest BCUT2D eigenvalue weighted by Crippen LogP contribution is -2.10. The summed E-state index contributed by atoms with van der Waals surface area (Å²) in [6, 6.07) is 6.26. The van der Waals surface area contributed by atoms with Crippen LogP contribution in [-0.4, -0.2) is 17.0 Å². The summed E-state index contributed by atoms with van der Waals surface area (Å²) in [6.07, 6.45) is 26.5. The maximum atomic E-state index is 11.9. The van der Waals surface area contributed by atoms with Crippen molar-refractivity contribution in [1.82, 2.24) is 0 Å². The van der Waals surface area contributed by atoms with E-state index in [1.54, 1.807) is 12.1 Å². The molecular weight excluding hydrogens is 412 g/mol. The van der Waals surface area contributed by atoms with Gasteiger partial charge in [0.25, 0.3) is 0 Å². The molecule has 4 nitrogen and oxygen atoms in total. The van der Waals surface area contributed by atoms with Gasteiger partial charge in [-0.2, -0.15) is 0 Å². The third kappa shape index (κ3) is 16.2. The summed E-state index contributed by atoms with van der Waals surface area (Å²) in [5, 5.41) is 9.13. The Morgan fingerprint density at radius 2 is 1.21 bits per heavy atom. The van der Waals surface area contributed by atoms with E-state index in [1.165, 1.54) is 102 Å². The summed E-state index contributed by atoms with van der Waals surface area (Å²) in [5.74, 6) is -1.31. The first-order chi connectivity index (χ1) is 16.1. The van der Waals surface area contributed by atoms with E-state index in [9.17, 15) is 9.59 Å². The fraction of sp³-hybridized carbons (Fsp3) is 0.655. The van der Waals surface area contributed by atoms with Gasteiger partial charge in [0.2, 0.25) is 0 Å². The first-order valence-corrected chi connectivity index (χ1v) is 13.3. The Labute approximate surface area is 201 Å². The standard InChI is InChI=1S/C29H46O4/c1-2-3-4-5-6-7-8-9-10-11-12-13-14-15-16-17-18-19-20-25-28(30)33-27-24-22-21-23-26(27)29(31)32/h9-10,21-24H,2-8,11-20,25H2,1H3,(H,31,32). The molecule has 0 saturated heterocycles. The largest absolute Gasteiger partial charge is 0.478 e. The highest BCUT2D eigenvalue weighted by Crippen LogP contribution is 2.19. The Morgan fingerprint density at radius 3 is 1.76 bits per heavy atom. The van der Waals surface area contributed by atoms with E-state index < -0.39 is 5.97 Å². The number of para-hydroxylation sites is 1. The maximum Gasteiger partial charge on any atom is 0.339 e. The van der Waals surface area contributed by atoms with Gasteiger partial charge in [-0.1, -0.05) is 108 Å². The Hall–Kier alpha value is -2.10. The molecule has 33 heavy (non-hydrogen) atoms. The van der Waals surface area contributed by atoms with Crippen LogP contribution in [0.2, 0.25) is 0 Å². The smallest absolute Gasteiger partial charge is 0.339 e. The van der Waals surface area contributed by atoms with E-state index in [1.807, 2.05) is 0 Å². The number of hydrogen-bond donors (Lipinski definition) is 1. The van der Waals surface area contributed by atoms with Crippen LogP contribution in [-0.2, 0) is 4.79 Å². The van der Waals surface area contributed by atoms with Crippen LogP contribution in [0.1, 0.15) is 133 Å². The summed E-state index contributed by atoms with van der Waals surface area (Å²) in [6.45, 7) is 2.27. The minimum absolute atomic E-state index is 0.0232. The molecule has 1 N–H and O–H groups in total. The van der Waals surface area contributed by atoms with Gasteiger partial charge in [-0.25, -0.2) is 4.79 Å². The predicted octanol–water partition coefficient (Wildman–Crippen LogP) is 8.89. The molecule has 0 aliphatic carbocycles. The number of aromatic carboxylic acids is 1. The van der Waals surface area contributed by atoms with Crippen LogP contribution in [0.25, 0.3) is 0 Å². The van der Waals surface area contributed by atoms with Gasteiger partial charge < -0.3 is 9.84 Å². The minimum Gasteiger partial charge on any atom is -0.478 e. The van der Waals surface area contributed by atoms with Crippen molar-refractivity contribution in [3.8, 4) is 5.75 Å². The van der Waals surface area contributed by atoms with Crippen molar-refractivity contribution in [3.05, 3.63) is 42.0 Å². The Bertz CT molecular complexity index is 665. The molecule has 1 rings (SSSR count). The van der Waals surface area contributed by atoms with Gasteiger partial charge >= 0.3 is 11.9 Å². The van der Waals surface area contributed by atoms with Gasteiger partial charge in [0.05, 0.1) is 0 Å². The van der Waals surface area contributed by atoms with Crippen molar-refractivity contribution in [2.75, 3.05) is 0 Å². The number of carbonyl (C=O) groups excluding carboxylic acids is 1. The second-order valence-corrected chi connectivity index (χ2v) is 9.02. The van der Waals surface area contributed by atoms with E-state index in [-0.39, 0.29) is 17.3 Å². The Balaban J connectivity index is 1.87. The number of rotatable bonds is 21. The summed E-state index contributed by atoms with van der Waals surface area (Å²) in [4.78, 5) is 23.1. The molecule has 0 bridgehead atoms. The molecule has 186 valence electrons. The molecule has 0 aliphatic heterocycles. The van der Waals surface area contributed by atoms with Crippen LogP contribution in [0, 0.1) is 0 Å². The third-order valence-electron chi connectivity index (χ3n) is 5.98. The lowest BCUT2D eigenvalue weighted by Gasteiger charge is -2.07. The summed E-state index contributed by atoms with van der Waals surface area (Å²) in [5.41, 5.74) is 0.0232. The molecule has 1 aromatic rings. The fourth-order valence-corrected chi connectivity index (χ4v) is 3.95. The number of carbonyl (C=O) groups is 2. The second kappa shape index (κ2) is 20.5. The number of hydrogen-bond acceptors (Lipinski definition) is 3. The van der Waals surface area contributed by atoms with Gasteiger partial charge in [-0.3, -0.25) is 4.79 Å². The highest BCUT2D eigenvalue weighted by molar-refractivity contribution is 5.91. The zero-order valence-electron chi connectivity index (χ0n) is 20.9. The molecule has 0 heterocycles. The van der Waals surface area contributed by atoms with E-state index in [0.29, 0.717) is 6.42 Å². The average Bonchev–Trinajstić information content (AvgIpc) is 2.80. The highest BCUT2D eigenvalue weighted by Gasteiger charge is 2.13. The van der Waals surface area contributed by atoms with Crippen molar-refractivity contribution < 1.29 is 19.4 Å². The molecule has 0 radical (unpaired) electrons. The quantitative estimate of drug-likeness (QED) is 0.0864. The van der Waals surface area contributed by atoms with Gasteiger partial charge in [0.15, 0.2) is 0 Å². The molecule has 0 atom stereocenters. The van der Waals surface area contributed by atoms with Crippen molar-refractivity contribution in [2.24, 2.45) is 0 Å². The van der Waals surface area contributed by atoms with Crippen molar-refractivity contribution >= 4 is 11.9 Å². The zero-order valence-corrected chi connectivity index (χ0v) is 20.9. The molecule has 0 unspecified atom stereocenters. The lowest BCUT2D eigenvalue weighted by atomic mass is 10.1. The number of benzene rings is 1. The molecular formula is C29H46O4. The van der Waals surface area contributed by atoms with Crippen LogP contribution < -0.4 is 4.74 Å². The first kappa shape index (κ1) is 28.9. The summed E-state index contributed by atoms with van der Waals surface area (Å²) in [7, 11) is 0. The third-order valence-corrected chi connectivity index (χ3v) is 5.98.